The van der Waals surface area contributed by atoms with Crippen LogP contribution in [-0.2, 0) is 0 Å². The van der Waals surface area contributed by atoms with Crippen molar-refractivity contribution in [3.63, 3.8) is 0 Å². The lowest BCUT2D eigenvalue weighted by molar-refractivity contribution is -0.670. The molecule has 10 nitrogen and oxygen atoms in total. The summed E-state index contributed by atoms with van der Waals surface area (Å²) in [5.74, 6) is 1.72. The van der Waals surface area contributed by atoms with Crippen LogP contribution in [0.5, 0.6) is 0 Å². The number of piperazine rings is 1. The molecule has 2 heterocycles. The molecule has 7 N–H and O–H groups in total. The van der Waals surface area contributed by atoms with Gasteiger partial charge in [0.2, 0.25) is 11.6 Å². The number of para-hydroxylation sites is 2. The molecule has 2 aliphatic rings. The summed E-state index contributed by atoms with van der Waals surface area (Å²) in [7, 11) is 0. The lowest BCUT2D eigenvalue weighted by atomic mass is 9.90. The van der Waals surface area contributed by atoms with Crippen LogP contribution in [0.4, 0.5) is 6.01 Å². The molecule has 1 aliphatic carbocycles. The average Bonchev–Trinajstić information content (AvgIpc) is 3.31. The molecule has 0 unspecified atom stereocenters. The van der Waals surface area contributed by atoms with Gasteiger partial charge >= 0.3 is 0 Å². The number of rotatable bonds is 5. The standard InChI is InChI=1S/C23H23N5O3.H4NO/c24-19-20(22(30)16-6-2-1-5-15(16)21(19)29)25-9-10-27-11-13-28(14-12-27)23-26-17-7-3-4-8-18(17)31-23;1-2/h1-8,25H,9-14,24H2;2H,1H3/q;+1. The van der Waals surface area contributed by atoms with E-state index < -0.39 is 0 Å². The van der Waals surface area contributed by atoms with Crippen molar-refractivity contribution in [2.75, 3.05) is 44.2 Å². The van der Waals surface area contributed by atoms with Crippen LogP contribution in [-0.4, -0.2) is 65.9 Å². The molecule has 10 heteroatoms. The van der Waals surface area contributed by atoms with Crippen molar-refractivity contribution in [1.29, 1.82) is 0 Å². The molecule has 0 radical (unpaired) electrons. The molecule has 0 amide bonds. The molecule has 2 aromatic carbocycles. The van der Waals surface area contributed by atoms with Crippen molar-refractivity contribution in [2.24, 2.45) is 5.73 Å². The minimum Gasteiger partial charge on any atom is -0.423 e. The summed E-state index contributed by atoms with van der Waals surface area (Å²) in [6.45, 7) is 4.58. The zero-order valence-electron chi connectivity index (χ0n) is 18.2. The second-order valence-corrected chi connectivity index (χ2v) is 7.71. The molecule has 1 saturated heterocycles. The number of nitrogens with two attached hydrogens (primary N) is 1. The van der Waals surface area contributed by atoms with Crippen molar-refractivity contribution in [2.45, 2.75) is 0 Å². The molecule has 3 aromatic rings. The summed E-state index contributed by atoms with van der Waals surface area (Å²) < 4.78 is 5.86. The first-order valence-corrected chi connectivity index (χ1v) is 10.7. The third-order valence-corrected chi connectivity index (χ3v) is 5.81. The monoisotopic (exact) mass is 451 g/mol. The van der Waals surface area contributed by atoms with E-state index in [1.165, 1.54) is 0 Å². The maximum atomic E-state index is 12.7. The van der Waals surface area contributed by atoms with Crippen LogP contribution in [0.25, 0.3) is 11.1 Å². The number of carbonyl (C=O) groups excluding carboxylic acids is 2. The van der Waals surface area contributed by atoms with E-state index in [4.69, 9.17) is 15.4 Å². The topological polar surface area (TPSA) is 153 Å². The Morgan fingerprint density at radius 1 is 0.970 bits per heavy atom. The van der Waals surface area contributed by atoms with Crippen LogP contribution in [0.1, 0.15) is 20.7 Å². The van der Waals surface area contributed by atoms with Gasteiger partial charge in [0.1, 0.15) is 16.9 Å². The van der Waals surface area contributed by atoms with Gasteiger partial charge in [0.05, 0.1) is 0 Å². The zero-order chi connectivity index (χ0) is 23.4. The first kappa shape index (κ1) is 22.5. The normalized spacial score (nSPS) is 16.5. The van der Waals surface area contributed by atoms with E-state index in [1.54, 1.807) is 24.3 Å². The van der Waals surface area contributed by atoms with Gasteiger partial charge in [-0.3, -0.25) is 14.5 Å². The number of benzene rings is 2. The van der Waals surface area contributed by atoms with Gasteiger partial charge in [-0.1, -0.05) is 36.4 Å². The fraction of sp³-hybridized carbons (Fsp3) is 0.261. The van der Waals surface area contributed by atoms with Crippen LogP contribution in [0.2, 0.25) is 0 Å². The third kappa shape index (κ3) is 4.44. The van der Waals surface area contributed by atoms with Gasteiger partial charge in [-0.25, -0.2) is 11.1 Å². The number of quaternary nitrogens is 1. The number of hydrogen-bond donors (Lipinski definition) is 4. The first-order valence-electron chi connectivity index (χ1n) is 10.7. The number of Topliss-reactive ketones (excluding diaryl/α,β-unsaturated/α-hetero) is 2. The molecule has 172 valence electrons. The highest BCUT2D eigenvalue weighted by molar-refractivity contribution is 6.26. The zero-order valence-corrected chi connectivity index (χ0v) is 18.2. The number of ketones is 2. The number of aromatic nitrogens is 1. The number of anilines is 1. The van der Waals surface area contributed by atoms with Gasteiger partial charge in [0, 0.05) is 50.4 Å². The molecular formula is C23H27N6O4+. The number of fused-ring (bicyclic) bond motifs is 2. The van der Waals surface area contributed by atoms with Crippen LogP contribution in [0.3, 0.4) is 0 Å². The molecule has 1 aromatic heterocycles. The summed E-state index contributed by atoms with van der Waals surface area (Å²) in [5, 5.41) is 9.85. The summed E-state index contributed by atoms with van der Waals surface area (Å²) in [5.41, 5.74) is 8.59. The van der Waals surface area contributed by atoms with Crippen LogP contribution in [0.15, 0.2) is 64.3 Å². The van der Waals surface area contributed by atoms with E-state index in [1.807, 2.05) is 24.3 Å². The van der Waals surface area contributed by atoms with E-state index in [9.17, 15) is 9.59 Å². The van der Waals surface area contributed by atoms with Gasteiger partial charge in [0.15, 0.2) is 5.58 Å². The van der Waals surface area contributed by atoms with Gasteiger partial charge in [-0.15, -0.1) is 0 Å². The Balaban J connectivity index is 0.00000126. The lowest BCUT2D eigenvalue weighted by Gasteiger charge is -2.34. The maximum absolute atomic E-state index is 12.7. The highest BCUT2D eigenvalue weighted by Gasteiger charge is 2.30. The highest BCUT2D eigenvalue weighted by Crippen LogP contribution is 2.23. The third-order valence-electron chi connectivity index (χ3n) is 5.81. The Morgan fingerprint density at radius 3 is 2.30 bits per heavy atom. The molecule has 0 bridgehead atoms. The first-order chi connectivity index (χ1) is 16.1. The Kier molecular flexibility index (Phi) is 6.68. The molecule has 1 fully saturated rings. The number of hydrogen-bond acceptors (Lipinski definition) is 9. The summed E-state index contributed by atoms with van der Waals surface area (Å²) >= 11 is 0. The number of nitrogens with zero attached hydrogens (tertiary/aromatic N) is 3. The van der Waals surface area contributed by atoms with Gasteiger partial charge < -0.3 is 20.4 Å². The second kappa shape index (κ2) is 9.82. The predicted octanol–water partition coefficient (Wildman–Crippen LogP) is 0.406. The Bertz CT molecular complexity index is 1160. The molecular weight excluding hydrogens is 424 g/mol. The quantitative estimate of drug-likeness (QED) is 0.404. The Hall–Kier alpha value is -3.73. The molecule has 0 atom stereocenters. The molecule has 33 heavy (non-hydrogen) atoms. The predicted molar refractivity (Wildman–Crippen MR) is 122 cm³/mol. The van der Waals surface area contributed by atoms with Crippen molar-refractivity contribution in [1.82, 2.24) is 15.2 Å². The van der Waals surface area contributed by atoms with E-state index in [-0.39, 0.29) is 23.0 Å². The second-order valence-electron chi connectivity index (χ2n) is 7.71. The maximum Gasteiger partial charge on any atom is 0.298 e. The largest absolute Gasteiger partial charge is 0.423 e. The SMILES string of the molecule is NC1=C(NCCN2CCN(c3nc4ccccc4o3)CC2)C(=O)c2ccccc2C1=O.[NH3+]O. The van der Waals surface area contributed by atoms with E-state index >= 15 is 0 Å². The molecule has 1 aliphatic heterocycles. The van der Waals surface area contributed by atoms with Gasteiger partial charge in [-0.2, -0.15) is 4.98 Å². The van der Waals surface area contributed by atoms with Crippen LogP contribution >= 0.6 is 0 Å². The average molecular weight is 452 g/mol. The van der Waals surface area contributed by atoms with E-state index in [0.29, 0.717) is 23.7 Å². The minimum atomic E-state index is -0.301. The van der Waals surface area contributed by atoms with Crippen molar-refractivity contribution in [3.05, 3.63) is 71.1 Å². The highest BCUT2D eigenvalue weighted by atomic mass is 16.4. The summed E-state index contributed by atoms with van der Waals surface area (Å²) in [4.78, 5) is 34.2. The van der Waals surface area contributed by atoms with E-state index in [0.717, 1.165) is 43.8 Å². The van der Waals surface area contributed by atoms with Gasteiger partial charge in [0.25, 0.3) is 6.01 Å². The van der Waals surface area contributed by atoms with Crippen molar-refractivity contribution in [3.8, 4) is 0 Å². The number of oxazole rings is 1. The fourth-order valence-corrected chi connectivity index (χ4v) is 4.07. The molecule has 0 saturated carbocycles. The van der Waals surface area contributed by atoms with Crippen LogP contribution < -0.4 is 21.8 Å². The van der Waals surface area contributed by atoms with Crippen molar-refractivity contribution < 1.29 is 25.1 Å². The smallest absolute Gasteiger partial charge is 0.298 e. The fourth-order valence-electron chi connectivity index (χ4n) is 4.07. The Morgan fingerprint density at radius 2 is 1.61 bits per heavy atom. The Labute approximate surface area is 190 Å². The van der Waals surface area contributed by atoms with Gasteiger partial charge in [-0.05, 0) is 12.1 Å². The molecule has 0 spiro atoms. The molecule has 5 rings (SSSR count). The number of nitrogens with one attached hydrogen (secondary N) is 1. The minimum absolute atomic E-state index is 0.00974. The van der Waals surface area contributed by atoms with Crippen LogP contribution in [0, 0.1) is 0 Å². The lowest BCUT2D eigenvalue weighted by Crippen LogP contribution is -2.48. The summed E-state index contributed by atoms with van der Waals surface area (Å²) in [6, 6.07) is 15.2. The number of allylic oxidation sites excluding steroid dienone is 2. The van der Waals surface area contributed by atoms with Crippen molar-refractivity contribution >= 4 is 28.7 Å². The summed E-state index contributed by atoms with van der Waals surface area (Å²) in [6.07, 6.45) is 0. The number of carbonyl (C=O) groups is 2. The van der Waals surface area contributed by atoms with E-state index in [2.05, 4.69) is 26.0 Å².